The predicted octanol–water partition coefficient (Wildman–Crippen LogP) is 2.08. The van der Waals surface area contributed by atoms with Gasteiger partial charge in [0, 0.05) is 19.1 Å². The number of hydrogen-bond donors (Lipinski definition) is 1. The molecule has 2 saturated heterocycles. The highest BCUT2D eigenvalue weighted by Crippen LogP contribution is 2.29. The third-order valence-corrected chi connectivity index (χ3v) is 6.27. The first-order valence-electron chi connectivity index (χ1n) is 10.1. The van der Waals surface area contributed by atoms with Gasteiger partial charge >= 0.3 is 0 Å². The maximum atomic E-state index is 12.2. The van der Waals surface area contributed by atoms with Crippen LogP contribution in [0.25, 0.3) is 0 Å². The third kappa shape index (κ3) is 4.24. The maximum absolute atomic E-state index is 12.2. The molecule has 1 amide bonds. The van der Waals surface area contributed by atoms with Gasteiger partial charge in [-0.15, -0.1) is 0 Å². The van der Waals surface area contributed by atoms with Crippen LogP contribution in [0.1, 0.15) is 36.8 Å². The van der Waals surface area contributed by atoms with Gasteiger partial charge in [0.05, 0.1) is 6.54 Å². The Morgan fingerprint density at radius 3 is 2.48 bits per heavy atom. The summed E-state index contributed by atoms with van der Waals surface area (Å²) in [5.41, 5.74) is 3.07. The Labute approximate surface area is 151 Å². The van der Waals surface area contributed by atoms with Gasteiger partial charge in [0.15, 0.2) is 0 Å². The molecule has 0 bridgehead atoms. The minimum atomic E-state index is 0.216. The topological polar surface area (TPSA) is 35.6 Å². The summed E-state index contributed by atoms with van der Waals surface area (Å²) in [7, 11) is 0. The Bertz CT molecular complexity index is 572. The number of fused-ring (bicyclic) bond motifs is 1. The lowest BCUT2D eigenvalue weighted by atomic mass is 10.1. The Morgan fingerprint density at radius 1 is 1.04 bits per heavy atom. The van der Waals surface area contributed by atoms with Gasteiger partial charge in [-0.3, -0.25) is 14.6 Å². The van der Waals surface area contributed by atoms with E-state index in [9.17, 15) is 4.79 Å². The number of likely N-dealkylation sites (tertiary alicyclic amines) is 2. The molecule has 1 aromatic carbocycles. The molecule has 4 rings (SSSR count). The fourth-order valence-corrected chi connectivity index (χ4v) is 4.79. The van der Waals surface area contributed by atoms with Crippen molar-refractivity contribution in [2.75, 3.05) is 39.3 Å². The lowest BCUT2D eigenvalue weighted by Crippen LogP contribution is -2.41. The smallest absolute Gasteiger partial charge is 0.234 e. The van der Waals surface area contributed by atoms with E-state index in [4.69, 9.17) is 0 Å². The highest BCUT2D eigenvalue weighted by atomic mass is 16.2. The zero-order valence-corrected chi connectivity index (χ0v) is 15.3. The molecule has 3 aliphatic rings. The van der Waals surface area contributed by atoms with Crippen molar-refractivity contribution in [1.29, 1.82) is 0 Å². The van der Waals surface area contributed by atoms with Gasteiger partial charge in [0.1, 0.15) is 0 Å². The van der Waals surface area contributed by atoms with Crippen molar-refractivity contribution < 1.29 is 4.79 Å². The molecular formula is C21H31N3O. The Balaban J connectivity index is 1.19. The van der Waals surface area contributed by atoms with Crippen LogP contribution < -0.4 is 5.32 Å². The highest BCUT2D eigenvalue weighted by Gasteiger charge is 2.32. The van der Waals surface area contributed by atoms with Crippen LogP contribution in [0.5, 0.6) is 0 Å². The van der Waals surface area contributed by atoms with Crippen molar-refractivity contribution in [3.63, 3.8) is 0 Å². The van der Waals surface area contributed by atoms with Crippen molar-refractivity contribution >= 4 is 5.91 Å². The first-order valence-corrected chi connectivity index (χ1v) is 10.1. The normalized spacial score (nSPS) is 25.2. The van der Waals surface area contributed by atoms with E-state index < -0.39 is 0 Å². The second-order valence-electron chi connectivity index (χ2n) is 8.12. The average molecular weight is 341 g/mol. The maximum Gasteiger partial charge on any atom is 0.234 e. The summed E-state index contributed by atoms with van der Waals surface area (Å²) in [5, 5.41) is 3.19. The van der Waals surface area contributed by atoms with Crippen LogP contribution in [0.4, 0.5) is 0 Å². The number of nitrogens with one attached hydrogen (secondary N) is 1. The number of hydrogen-bond acceptors (Lipinski definition) is 3. The van der Waals surface area contributed by atoms with Crippen LogP contribution in [0, 0.1) is 5.92 Å². The van der Waals surface area contributed by atoms with Crippen molar-refractivity contribution in [3.05, 3.63) is 35.4 Å². The fraction of sp³-hybridized carbons (Fsp3) is 0.667. The van der Waals surface area contributed by atoms with Gasteiger partial charge in [-0.1, -0.05) is 30.7 Å². The van der Waals surface area contributed by atoms with Crippen LogP contribution in [-0.4, -0.2) is 61.0 Å². The summed E-state index contributed by atoms with van der Waals surface area (Å²) in [4.78, 5) is 17.1. The van der Waals surface area contributed by atoms with Gasteiger partial charge in [-0.2, -0.15) is 0 Å². The molecule has 2 aliphatic heterocycles. The second kappa shape index (κ2) is 7.88. The van der Waals surface area contributed by atoms with Crippen molar-refractivity contribution in [3.8, 4) is 0 Å². The van der Waals surface area contributed by atoms with Crippen molar-refractivity contribution in [2.45, 2.75) is 44.6 Å². The van der Waals surface area contributed by atoms with Gasteiger partial charge in [-0.25, -0.2) is 0 Å². The van der Waals surface area contributed by atoms with E-state index in [1.165, 1.54) is 56.2 Å². The lowest BCUT2D eigenvalue weighted by Gasteiger charge is -2.26. The van der Waals surface area contributed by atoms with Gasteiger partial charge in [-0.05, 0) is 68.8 Å². The Morgan fingerprint density at radius 2 is 1.76 bits per heavy atom. The molecule has 25 heavy (non-hydrogen) atoms. The molecule has 136 valence electrons. The van der Waals surface area contributed by atoms with Crippen LogP contribution in [0.3, 0.4) is 0 Å². The molecular weight excluding hydrogens is 310 g/mol. The summed E-state index contributed by atoms with van der Waals surface area (Å²) in [6, 6.07) is 9.55. The molecule has 1 aliphatic carbocycles. The average Bonchev–Trinajstić information content (AvgIpc) is 3.27. The molecule has 1 unspecified atom stereocenters. The number of benzene rings is 1. The van der Waals surface area contributed by atoms with E-state index in [0.29, 0.717) is 18.5 Å². The molecule has 0 aromatic heterocycles. The fourth-order valence-electron chi connectivity index (χ4n) is 4.79. The molecule has 1 N–H and O–H groups in total. The molecule has 1 atom stereocenters. The highest BCUT2D eigenvalue weighted by molar-refractivity contribution is 5.78. The number of carbonyl (C=O) groups excluding carboxylic acids is 1. The standard InChI is InChI=1S/C21H31N3O/c25-21(16-23-9-4-1-5-10-23)22-14-17-8-11-24(15-17)20-12-18-6-2-3-7-19(18)13-20/h2-3,6-7,17,20H,1,4-5,8-16H2,(H,22,25). The predicted molar refractivity (Wildman–Crippen MR) is 101 cm³/mol. The lowest BCUT2D eigenvalue weighted by molar-refractivity contribution is -0.122. The number of carbonyl (C=O) groups is 1. The Hall–Kier alpha value is -1.39. The zero-order chi connectivity index (χ0) is 17.1. The number of piperidine rings is 1. The molecule has 1 aromatic rings. The van der Waals surface area contributed by atoms with E-state index in [1.807, 2.05) is 0 Å². The molecule has 2 heterocycles. The van der Waals surface area contributed by atoms with Crippen molar-refractivity contribution in [2.24, 2.45) is 5.92 Å². The molecule has 2 fully saturated rings. The first kappa shape index (κ1) is 17.0. The minimum absolute atomic E-state index is 0.216. The largest absolute Gasteiger partial charge is 0.355 e. The molecule has 0 saturated carbocycles. The molecule has 4 heteroatoms. The van der Waals surface area contributed by atoms with E-state index in [0.717, 1.165) is 26.2 Å². The Kier molecular flexibility index (Phi) is 5.37. The molecule has 0 radical (unpaired) electrons. The van der Waals surface area contributed by atoms with E-state index in [2.05, 4.69) is 39.4 Å². The summed E-state index contributed by atoms with van der Waals surface area (Å²) in [6.07, 6.45) is 7.43. The minimum Gasteiger partial charge on any atom is -0.355 e. The number of nitrogens with zero attached hydrogens (tertiary/aromatic N) is 2. The zero-order valence-electron chi connectivity index (χ0n) is 15.3. The summed E-state index contributed by atoms with van der Waals surface area (Å²) in [5.74, 6) is 0.836. The van der Waals surface area contributed by atoms with E-state index in [-0.39, 0.29) is 5.91 Å². The monoisotopic (exact) mass is 341 g/mol. The summed E-state index contributed by atoms with van der Waals surface area (Å²) >= 11 is 0. The van der Waals surface area contributed by atoms with Gasteiger partial charge < -0.3 is 5.32 Å². The van der Waals surface area contributed by atoms with E-state index >= 15 is 0 Å². The first-order chi connectivity index (χ1) is 12.3. The van der Waals surface area contributed by atoms with Crippen LogP contribution in [0.15, 0.2) is 24.3 Å². The molecule has 4 nitrogen and oxygen atoms in total. The quantitative estimate of drug-likeness (QED) is 0.891. The van der Waals surface area contributed by atoms with Crippen LogP contribution in [0.2, 0.25) is 0 Å². The van der Waals surface area contributed by atoms with Gasteiger partial charge in [0.25, 0.3) is 0 Å². The van der Waals surface area contributed by atoms with Crippen molar-refractivity contribution in [1.82, 2.24) is 15.1 Å². The summed E-state index contributed by atoms with van der Waals surface area (Å²) in [6.45, 7) is 5.95. The number of amides is 1. The second-order valence-corrected chi connectivity index (χ2v) is 8.12. The van der Waals surface area contributed by atoms with Gasteiger partial charge in [0.2, 0.25) is 5.91 Å². The number of rotatable bonds is 5. The third-order valence-electron chi connectivity index (χ3n) is 6.27. The molecule has 0 spiro atoms. The SMILES string of the molecule is O=C(CN1CCCCC1)NCC1CCN(C2Cc3ccccc3C2)C1. The van der Waals surface area contributed by atoms with Crippen LogP contribution in [-0.2, 0) is 17.6 Å². The van der Waals surface area contributed by atoms with Crippen LogP contribution >= 0.6 is 0 Å². The van der Waals surface area contributed by atoms with E-state index in [1.54, 1.807) is 0 Å². The summed E-state index contributed by atoms with van der Waals surface area (Å²) < 4.78 is 0.